The lowest BCUT2D eigenvalue weighted by Gasteiger charge is -2.30. The zero-order valence-corrected chi connectivity index (χ0v) is 9.09. The monoisotopic (exact) mass is 229 g/mol. The maximum Gasteiger partial charge on any atom is 0.460 e. The van der Waals surface area contributed by atoms with Gasteiger partial charge in [0.2, 0.25) is 0 Å². The Morgan fingerprint density at radius 1 is 1.31 bits per heavy atom. The SMILES string of the molecule is CCN(C1CCc2ccccc21)C(F)(F)F. The fraction of sp³-hybridized carbons (Fsp3) is 0.500. The van der Waals surface area contributed by atoms with Gasteiger partial charge in [-0.15, -0.1) is 0 Å². The molecule has 0 bridgehead atoms. The number of halogens is 3. The van der Waals surface area contributed by atoms with E-state index in [2.05, 4.69) is 0 Å². The van der Waals surface area contributed by atoms with E-state index in [1.165, 1.54) is 0 Å². The molecule has 2 rings (SSSR count). The summed E-state index contributed by atoms with van der Waals surface area (Å²) in [7, 11) is 0. The van der Waals surface area contributed by atoms with Crippen LogP contribution in [0.4, 0.5) is 13.2 Å². The van der Waals surface area contributed by atoms with Crippen molar-refractivity contribution in [3.05, 3.63) is 35.4 Å². The third-order valence-corrected chi connectivity index (χ3v) is 3.14. The van der Waals surface area contributed by atoms with E-state index in [-0.39, 0.29) is 6.54 Å². The first-order chi connectivity index (χ1) is 7.54. The fourth-order valence-corrected chi connectivity index (χ4v) is 2.43. The Morgan fingerprint density at radius 2 is 2.00 bits per heavy atom. The second-order valence-corrected chi connectivity index (χ2v) is 4.01. The van der Waals surface area contributed by atoms with Gasteiger partial charge in [0.15, 0.2) is 0 Å². The number of fused-ring (bicyclic) bond motifs is 1. The standard InChI is InChI=1S/C12H14F3N/c1-2-16(12(13,14)15)11-8-7-9-5-3-4-6-10(9)11/h3-6,11H,2,7-8H2,1H3. The third-order valence-electron chi connectivity index (χ3n) is 3.14. The highest BCUT2D eigenvalue weighted by molar-refractivity contribution is 5.34. The Kier molecular flexibility index (Phi) is 2.93. The minimum Gasteiger partial charge on any atom is -0.207 e. The van der Waals surface area contributed by atoms with Crippen molar-refractivity contribution in [2.24, 2.45) is 0 Å². The number of benzene rings is 1. The topological polar surface area (TPSA) is 3.24 Å². The largest absolute Gasteiger partial charge is 0.460 e. The summed E-state index contributed by atoms with van der Waals surface area (Å²) in [6.45, 7) is 1.55. The van der Waals surface area contributed by atoms with Crippen LogP contribution in [0.25, 0.3) is 0 Å². The van der Waals surface area contributed by atoms with Crippen molar-refractivity contribution in [2.45, 2.75) is 32.1 Å². The number of alkyl halides is 3. The Labute approximate surface area is 92.9 Å². The molecule has 1 aromatic carbocycles. The molecule has 1 aromatic rings. The molecule has 0 amide bonds. The van der Waals surface area contributed by atoms with Gasteiger partial charge in [-0.3, -0.25) is 0 Å². The predicted octanol–water partition coefficient (Wildman–Crippen LogP) is 3.52. The van der Waals surface area contributed by atoms with E-state index < -0.39 is 12.3 Å². The highest BCUT2D eigenvalue weighted by Gasteiger charge is 2.43. The zero-order chi connectivity index (χ0) is 11.8. The van der Waals surface area contributed by atoms with Gasteiger partial charge in [0, 0.05) is 12.6 Å². The second-order valence-electron chi connectivity index (χ2n) is 4.01. The molecule has 0 saturated heterocycles. The fourth-order valence-electron chi connectivity index (χ4n) is 2.43. The average molecular weight is 229 g/mol. The molecule has 1 aliphatic rings. The molecule has 0 aromatic heterocycles. The predicted molar refractivity (Wildman–Crippen MR) is 55.9 cm³/mol. The minimum atomic E-state index is -4.24. The molecule has 1 atom stereocenters. The third kappa shape index (κ3) is 1.94. The van der Waals surface area contributed by atoms with Crippen LogP contribution in [0.15, 0.2) is 24.3 Å². The van der Waals surface area contributed by atoms with Crippen molar-refractivity contribution in [3.63, 3.8) is 0 Å². The Bertz CT molecular complexity index is 373. The van der Waals surface area contributed by atoms with E-state index in [1.807, 2.05) is 12.1 Å². The summed E-state index contributed by atoms with van der Waals surface area (Å²) in [4.78, 5) is 0.624. The lowest BCUT2D eigenvalue weighted by Crippen LogP contribution is -2.40. The number of rotatable bonds is 2. The van der Waals surface area contributed by atoms with Gasteiger partial charge in [0.05, 0.1) is 0 Å². The maximum absolute atomic E-state index is 12.8. The molecular formula is C12H14F3N. The van der Waals surface area contributed by atoms with E-state index in [4.69, 9.17) is 0 Å². The smallest absolute Gasteiger partial charge is 0.207 e. The minimum absolute atomic E-state index is 0.00248. The lowest BCUT2D eigenvalue weighted by atomic mass is 10.1. The first-order valence-electron chi connectivity index (χ1n) is 5.45. The van der Waals surface area contributed by atoms with Crippen LogP contribution in [0.3, 0.4) is 0 Å². The molecule has 0 saturated carbocycles. The molecule has 4 heteroatoms. The van der Waals surface area contributed by atoms with E-state index in [0.29, 0.717) is 11.3 Å². The van der Waals surface area contributed by atoms with Gasteiger partial charge < -0.3 is 0 Å². The van der Waals surface area contributed by atoms with Gasteiger partial charge in [-0.2, -0.15) is 13.2 Å². The summed E-state index contributed by atoms with van der Waals surface area (Å²) in [6, 6.07) is 6.91. The van der Waals surface area contributed by atoms with Crippen LogP contribution >= 0.6 is 0 Å². The van der Waals surface area contributed by atoms with Crippen molar-refractivity contribution >= 4 is 0 Å². The van der Waals surface area contributed by atoms with Crippen LogP contribution in [-0.2, 0) is 6.42 Å². The molecule has 0 aliphatic heterocycles. The summed E-state index contributed by atoms with van der Waals surface area (Å²) < 4.78 is 38.4. The van der Waals surface area contributed by atoms with Crippen molar-refractivity contribution in [3.8, 4) is 0 Å². The normalized spacial score (nSPS) is 20.2. The van der Waals surface area contributed by atoms with E-state index in [9.17, 15) is 13.2 Å². The molecule has 0 heterocycles. The number of aryl methyl sites for hydroxylation is 1. The van der Waals surface area contributed by atoms with Gasteiger partial charge in [0.25, 0.3) is 0 Å². The van der Waals surface area contributed by atoms with E-state index in [0.717, 1.165) is 17.5 Å². The molecule has 1 unspecified atom stereocenters. The number of nitrogens with zero attached hydrogens (tertiary/aromatic N) is 1. The van der Waals surface area contributed by atoms with Crippen LogP contribution in [0.5, 0.6) is 0 Å². The first kappa shape index (κ1) is 11.5. The molecular weight excluding hydrogens is 215 g/mol. The van der Waals surface area contributed by atoms with Gasteiger partial charge in [-0.25, -0.2) is 4.90 Å². The molecule has 0 fully saturated rings. The quantitative estimate of drug-likeness (QED) is 0.701. The van der Waals surface area contributed by atoms with Crippen molar-refractivity contribution in [1.29, 1.82) is 0 Å². The highest BCUT2D eigenvalue weighted by Crippen LogP contribution is 2.40. The van der Waals surface area contributed by atoms with Gasteiger partial charge in [0.1, 0.15) is 0 Å². The molecule has 16 heavy (non-hydrogen) atoms. The average Bonchev–Trinajstić information content (AvgIpc) is 2.61. The highest BCUT2D eigenvalue weighted by atomic mass is 19.4. The Hall–Kier alpha value is -1.03. The lowest BCUT2D eigenvalue weighted by molar-refractivity contribution is -0.258. The molecule has 0 N–H and O–H groups in total. The first-order valence-corrected chi connectivity index (χ1v) is 5.45. The van der Waals surface area contributed by atoms with Gasteiger partial charge in [-0.05, 0) is 24.0 Å². The summed E-state index contributed by atoms with van der Waals surface area (Å²) in [5.41, 5.74) is 1.89. The van der Waals surface area contributed by atoms with Crippen molar-refractivity contribution in [2.75, 3.05) is 6.54 Å². The summed E-state index contributed by atoms with van der Waals surface area (Å²) in [5.74, 6) is 0. The molecule has 1 nitrogen and oxygen atoms in total. The summed E-state index contributed by atoms with van der Waals surface area (Å²) >= 11 is 0. The molecule has 1 aliphatic carbocycles. The molecule has 0 spiro atoms. The van der Waals surface area contributed by atoms with E-state index >= 15 is 0 Å². The molecule has 88 valence electrons. The van der Waals surface area contributed by atoms with Crippen molar-refractivity contribution < 1.29 is 13.2 Å². The van der Waals surface area contributed by atoms with Gasteiger partial charge in [-0.1, -0.05) is 31.2 Å². The Balaban J connectivity index is 2.30. The van der Waals surface area contributed by atoms with Crippen LogP contribution in [0.1, 0.15) is 30.5 Å². The van der Waals surface area contributed by atoms with Crippen LogP contribution < -0.4 is 0 Å². The van der Waals surface area contributed by atoms with Crippen molar-refractivity contribution in [1.82, 2.24) is 4.90 Å². The van der Waals surface area contributed by atoms with E-state index in [1.54, 1.807) is 19.1 Å². The zero-order valence-electron chi connectivity index (χ0n) is 9.09. The second kappa shape index (κ2) is 4.09. The number of hydrogen-bond acceptors (Lipinski definition) is 1. The van der Waals surface area contributed by atoms with Crippen LogP contribution in [0.2, 0.25) is 0 Å². The van der Waals surface area contributed by atoms with Crippen LogP contribution in [-0.4, -0.2) is 17.7 Å². The summed E-state index contributed by atoms with van der Waals surface area (Å²) in [5, 5.41) is 0. The number of hydrogen-bond donors (Lipinski definition) is 0. The Morgan fingerprint density at radius 3 is 2.62 bits per heavy atom. The summed E-state index contributed by atoms with van der Waals surface area (Å²) in [6.07, 6.45) is -2.93. The van der Waals surface area contributed by atoms with Gasteiger partial charge >= 0.3 is 6.30 Å². The maximum atomic E-state index is 12.8. The molecule has 0 radical (unpaired) electrons. The van der Waals surface area contributed by atoms with Crippen LogP contribution in [0, 0.1) is 0 Å².